The van der Waals surface area contributed by atoms with Crippen molar-refractivity contribution in [1.82, 2.24) is 0 Å². The fraction of sp³-hybridized carbons (Fsp3) is 0.133. The molecule has 20 heavy (non-hydrogen) atoms. The average Bonchev–Trinajstić information content (AvgIpc) is 2.90. The molecule has 2 N–H and O–H groups in total. The topological polar surface area (TPSA) is 49.6 Å². The molecule has 0 spiro atoms. The van der Waals surface area contributed by atoms with E-state index < -0.39 is 0 Å². The number of hydrogen-bond acceptors (Lipinski definition) is 2. The van der Waals surface area contributed by atoms with Gasteiger partial charge in [0.2, 0.25) is 0 Å². The maximum absolute atomic E-state index is 12.5. The van der Waals surface area contributed by atoms with Crippen molar-refractivity contribution in [2.24, 2.45) is 5.84 Å². The highest BCUT2D eigenvalue weighted by atomic mass is 16.2. The lowest BCUT2D eigenvalue weighted by Crippen LogP contribution is -2.47. The minimum absolute atomic E-state index is 0.196. The summed E-state index contributed by atoms with van der Waals surface area (Å²) in [6.07, 6.45) is 0.879. The van der Waals surface area contributed by atoms with E-state index >= 15 is 0 Å². The molecular weight excluding hydrogens is 249 g/mol. The Labute approximate surface area is 119 Å². The van der Waals surface area contributed by atoms with Gasteiger partial charge in [-0.1, -0.05) is 35.8 Å². The summed E-state index contributed by atoms with van der Waals surface area (Å²) in [5.41, 5.74) is 3.99. The first-order chi connectivity index (χ1) is 9.66. The first-order valence-electron chi connectivity index (χ1n) is 6.68. The van der Waals surface area contributed by atoms with Crippen molar-refractivity contribution >= 4 is 30.7 Å². The highest BCUT2D eigenvalue weighted by Gasteiger charge is 2.27. The molecule has 0 fully saturated rings. The van der Waals surface area contributed by atoms with Crippen molar-refractivity contribution in [3.8, 4) is 0 Å². The van der Waals surface area contributed by atoms with Crippen molar-refractivity contribution < 1.29 is 4.79 Å². The van der Waals surface area contributed by atoms with E-state index in [1.165, 1.54) is 10.6 Å². The van der Waals surface area contributed by atoms with Gasteiger partial charge in [-0.3, -0.25) is 4.90 Å². The molecule has 2 aromatic carbocycles. The number of hydrazine groups is 1. The van der Waals surface area contributed by atoms with Gasteiger partial charge < -0.3 is 0 Å². The molecule has 1 heterocycles. The van der Waals surface area contributed by atoms with Gasteiger partial charge in [0.1, 0.15) is 7.85 Å². The largest absolute Gasteiger partial charge is 0.343 e. The number of benzene rings is 2. The van der Waals surface area contributed by atoms with Crippen LogP contribution in [0, 0.1) is 0 Å². The summed E-state index contributed by atoms with van der Waals surface area (Å²) >= 11 is 0. The summed E-state index contributed by atoms with van der Waals surface area (Å²) in [5.74, 6) is 5.97. The highest BCUT2D eigenvalue weighted by molar-refractivity contribution is 6.32. The van der Waals surface area contributed by atoms with E-state index in [-0.39, 0.29) is 6.03 Å². The van der Waals surface area contributed by atoms with Gasteiger partial charge in [0.25, 0.3) is 0 Å². The molecule has 0 radical (unpaired) electrons. The number of anilines is 2. The third-order valence-electron chi connectivity index (χ3n) is 3.64. The van der Waals surface area contributed by atoms with Crippen molar-refractivity contribution in [3.63, 3.8) is 0 Å². The fourth-order valence-electron chi connectivity index (χ4n) is 2.48. The molecule has 0 aliphatic carbocycles. The van der Waals surface area contributed by atoms with Gasteiger partial charge >= 0.3 is 6.03 Å². The smallest absolute Gasteiger partial charge is 0.292 e. The first kappa shape index (κ1) is 12.8. The summed E-state index contributed by atoms with van der Waals surface area (Å²) in [5, 5.41) is 1.21. The van der Waals surface area contributed by atoms with Gasteiger partial charge in [0.15, 0.2) is 0 Å². The minimum Gasteiger partial charge on any atom is -0.292 e. The van der Waals surface area contributed by atoms with Gasteiger partial charge in [-0.2, -0.15) is 0 Å². The Morgan fingerprint density at radius 2 is 1.85 bits per heavy atom. The third-order valence-corrected chi connectivity index (χ3v) is 3.64. The maximum atomic E-state index is 12.5. The van der Waals surface area contributed by atoms with Crippen LogP contribution in [0.2, 0.25) is 0 Å². The molecule has 5 heteroatoms. The molecule has 0 unspecified atom stereocenters. The Kier molecular flexibility index (Phi) is 3.20. The molecular formula is C15H16BN3O. The lowest BCUT2D eigenvalue weighted by atomic mass is 9.96. The number of nitrogens with zero attached hydrogens (tertiary/aromatic N) is 2. The number of fused-ring (bicyclic) bond motifs is 1. The van der Waals surface area contributed by atoms with Crippen LogP contribution in [-0.4, -0.2) is 20.4 Å². The van der Waals surface area contributed by atoms with Crippen LogP contribution in [0.1, 0.15) is 5.56 Å². The molecule has 1 aliphatic heterocycles. The third kappa shape index (κ3) is 2.16. The summed E-state index contributed by atoms with van der Waals surface area (Å²) in [7, 11) is 2.00. The van der Waals surface area contributed by atoms with E-state index in [9.17, 15) is 4.79 Å². The first-order valence-corrected chi connectivity index (χ1v) is 6.68. The van der Waals surface area contributed by atoms with E-state index in [0.29, 0.717) is 12.2 Å². The normalized spacial score (nSPS) is 13.2. The number of para-hydroxylation sites is 1. The second kappa shape index (κ2) is 5.02. The molecule has 4 nitrogen and oxygen atoms in total. The summed E-state index contributed by atoms with van der Waals surface area (Å²) in [6, 6.07) is 15.4. The van der Waals surface area contributed by atoms with Crippen LogP contribution in [0.3, 0.4) is 0 Å². The lowest BCUT2D eigenvalue weighted by Gasteiger charge is -2.24. The molecule has 1 aliphatic rings. The van der Waals surface area contributed by atoms with Crippen LogP contribution in [-0.2, 0) is 6.42 Å². The van der Waals surface area contributed by atoms with Gasteiger partial charge in [-0.05, 0) is 30.2 Å². The van der Waals surface area contributed by atoms with Crippen LogP contribution in [0.25, 0.3) is 0 Å². The molecule has 2 amide bonds. The number of urea groups is 1. The van der Waals surface area contributed by atoms with E-state index in [0.717, 1.165) is 17.6 Å². The Morgan fingerprint density at radius 3 is 2.60 bits per heavy atom. The molecule has 0 saturated heterocycles. The zero-order valence-corrected chi connectivity index (χ0v) is 11.4. The number of hydrogen-bond donors (Lipinski definition) is 1. The molecule has 0 atom stereocenters. The SMILES string of the molecule is Bc1ccc(N(N)C(=O)N2CCc3ccccc32)cc1. The molecule has 0 saturated carbocycles. The van der Waals surface area contributed by atoms with Crippen molar-refractivity contribution in [3.05, 3.63) is 54.1 Å². The number of nitrogens with two attached hydrogens (primary N) is 1. The predicted molar refractivity (Wildman–Crippen MR) is 84.2 cm³/mol. The molecule has 0 bridgehead atoms. The van der Waals surface area contributed by atoms with Crippen LogP contribution in [0.4, 0.5) is 16.2 Å². The van der Waals surface area contributed by atoms with Gasteiger partial charge in [-0.15, -0.1) is 0 Å². The second-order valence-corrected chi connectivity index (χ2v) is 5.02. The monoisotopic (exact) mass is 265 g/mol. The van der Waals surface area contributed by atoms with Crippen molar-refractivity contribution in [1.29, 1.82) is 0 Å². The van der Waals surface area contributed by atoms with Crippen LogP contribution in [0.15, 0.2) is 48.5 Å². The number of rotatable bonds is 1. The zero-order valence-electron chi connectivity index (χ0n) is 11.4. The number of carbonyl (C=O) groups excluding carboxylic acids is 1. The van der Waals surface area contributed by atoms with Crippen LogP contribution in [0.5, 0.6) is 0 Å². The standard InChI is InChI=1S/C15H16BN3O/c16-12-5-7-13(8-6-12)19(17)15(20)18-10-9-11-3-1-2-4-14(11)18/h1-8H,9-10,16-17H2. The van der Waals surface area contributed by atoms with Crippen LogP contribution >= 0.6 is 0 Å². The Balaban J connectivity index is 1.85. The van der Waals surface area contributed by atoms with Gasteiger partial charge in [-0.25, -0.2) is 15.6 Å². The second-order valence-electron chi connectivity index (χ2n) is 5.02. The van der Waals surface area contributed by atoms with E-state index in [4.69, 9.17) is 5.84 Å². The van der Waals surface area contributed by atoms with E-state index in [1.807, 2.05) is 50.3 Å². The fourth-order valence-corrected chi connectivity index (χ4v) is 2.48. The lowest BCUT2D eigenvalue weighted by molar-refractivity contribution is 0.252. The van der Waals surface area contributed by atoms with Crippen LogP contribution < -0.4 is 21.2 Å². The predicted octanol–water partition coefficient (Wildman–Crippen LogP) is 0.808. The van der Waals surface area contributed by atoms with Crippen molar-refractivity contribution in [2.45, 2.75) is 6.42 Å². The molecule has 0 aromatic heterocycles. The van der Waals surface area contributed by atoms with E-state index in [2.05, 4.69) is 6.07 Å². The molecule has 100 valence electrons. The summed E-state index contributed by atoms with van der Waals surface area (Å²) in [6.45, 7) is 0.678. The quantitative estimate of drug-likeness (QED) is 0.359. The Morgan fingerprint density at radius 1 is 1.15 bits per heavy atom. The van der Waals surface area contributed by atoms with Gasteiger partial charge in [0.05, 0.1) is 5.69 Å². The highest BCUT2D eigenvalue weighted by Crippen LogP contribution is 2.28. The molecule has 2 aromatic rings. The maximum Gasteiger partial charge on any atom is 0.343 e. The number of carbonyl (C=O) groups is 1. The summed E-state index contributed by atoms with van der Waals surface area (Å²) < 4.78 is 0. The minimum atomic E-state index is -0.196. The zero-order chi connectivity index (χ0) is 14.1. The number of amides is 2. The Hall–Kier alpha value is -2.27. The summed E-state index contributed by atoms with van der Waals surface area (Å²) in [4.78, 5) is 14.3. The van der Waals surface area contributed by atoms with Gasteiger partial charge in [0, 0.05) is 12.2 Å². The Bertz CT molecular complexity index is 642. The van der Waals surface area contributed by atoms with Crippen molar-refractivity contribution in [2.75, 3.05) is 16.5 Å². The average molecular weight is 265 g/mol. The molecule has 3 rings (SSSR count). The van der Waals surface area contributed by atoms with E-state index in [1.54, 1.807) is 4.90 Å².